The van der Waals surface area contributed by atoms with E-state index >= 15 is 0 Å². The number of nitrogens with two attached hydrogens (primary N) is 1. The molecule has 46 heavy (non-hydrogen) atoms. The molecule has 0 radical (unpaired) electrons. The molecule has 3 aliphatic heterocycles. The topological polar surface area (TPSA) is 145 Å². The molecule has 2 bridgehead atoms. The van der Waals surface area contributed by atoms with Crippen LogP contribution in [0, 0.1) is 11.3 Å². The summed E-state index contributed by atoms with van der Waals surface area (Å²) in [7, 11) is 0. The van der Waals surface area contributed by atoms with Gasteiger partial charge < -0.3 is 25.7 Å². The summed E-state index contributed by atoms with van der Waals surface area (Å²) in [5, 5.41) is 28.1. The number of phenols is 1. The molecule has 2 atom stereocenters. The Morgan fingerprint density at radius 1 is 0.957 bits per heavy atom. The summed E-state index contributed by atoms with van der Waals surface area (Å²) in [6, 6.07) is 9.68. The lowest BCUT2D eigenvalue weighted by Crippen LogP contribution is -2.54. The van der Waals surface area contributed by atoms with Crippen LogP contribution >= 0.6 is 0 Å². The van der Waals surface area contributed by atoms with Crippen LogP contribution in [0.3, 0.4) is 0 Å². The lowest BCUT2D eigenvalue weighted by atomic mass is 9.55. The molecule has 2 saturated carbocycles. The van der Waals surface area contributed by atoms with Crippen LogP contribution in [0.4, 0.5) is 17.5 Å². The molecule has 5 fully saturated rings. The zero-order valence-electron chi connectivity index (χ0n) is 26.3. The Bertz CT molecular complexity index is 1630. The van der Waals surface area contributed by atoms with Gasteiger partial charge in [-0.15, -0.1) is 10.2 Å². The molecule has 240 valence electrons. The molecule has 8 rings (SSSR count). The highest BCUT2D eigenvalue weighted by atomic mass is 16.4. The van der Waals surface area contributed by atoms with E-state index < -0.39 is 5.97 Å². The number of carboxylic acid groups (broad SMARTS) is 1. The number of piperazine rings is 1. The molecule has 2 aliphatic carbocycles. The molecule has 5 aliphatic rings. The van der Waals surface area contributed by atoms with Crippen molar-refractivity contribution in [3.63, 3.8) is 0 Å². The Kier molecular flexibility index (Phi) is 7.29. The molecule has 0 amide bonds. The van der Waals surface area contributed by atoms with Crippen molar-refractivity contribution >= 4 is 29.1 Å². The van der Waals surface area contributed by atoms with Crippen LogP contribution in [-0.4, -0.2) is 84.9 Å². The van der Waals surface area contributed by atoms with Crippen LogP contribution in [0.15, 0.2) is 42.7 Å². The summed E-state index contributed by atoms with van der Waals surface area (Å²) in [4.78, 5) is 25.8. The minimum absolute atomic E-state index is 0.111. The largest absolute Gasteiger partial charge is 0.507 e. The molecule has 2 unspecified atom stereocenters. The molecule has 5 heterocycles. The summed E-state index contributed by atoms with van der Waals surface area (Å²) >= 11 is 0. The maximum absolute atomic E-state index is 11.3. The number of rotatable bonds is 5. The summed E-state index contributed by atoms with van der Waals surface area (Å²) < 4.78 is 2.61. The van der Waals surface area contributed by atoms with E-state index in [1.807, 2.05) is 18.2 Å². The fourth-order valence-electron chi connectivity index (χ4n) is 9.05. The normalized spacial score (nSPS) is 29.2. The Balaban J connectivity index is 0.891. The number of hydrogen-bond acceptors (Lipinski definition) is 9. The number of aliphatic carboxylic acids is 1. The van der Waals surface area contributed by atoms with Crippen molar-refractivity contribution in [2.45, 2.75) is 82.2 Å². The zero-order chi connectivity index (χ0) is 31.4. The molecule has 3 saturated heterocycles. The van der Waals surface area contributed by atoms with Crippen molar-refractivity contribution in [3.8, 4) is 17.0 Å². The molecular weight excluding hydrogens is 580 g/mol. The van der Waals surface area contributed by atoms with Gasteiger partial charge in [-0.2, -0.15) is 0 Å². The first-order valence-electron chi connectivity index (χ1n) is 16.9. The highest BCUT2D eigenvalue weighted by Gasteiger charge is 2.49. The van der Waals surface area contributed by atoms with Crippen LogP contribution in [0.25, 0.3) is 11.3 Å². The molecule has 1 spiro atoms. The number of aromatic hydroxyl groups is 1. The van der Waals surface area contributed by atoms with Crippen LogP contribution in [0.5, 0.6) is 5.75 Å². The summed E-state index contributed by atoms with van der Waals surface area (Å²) in [5.41, 5.74) is 11.6. The summed E-state index contributed by atoms with van der Waals surface area (Å²) in [5.74, 6) is 1.15. The molecular formula is C35H43N8O3+. The third kappa shape index (κ3) is 5.23. The monoisotopic (exact) mass is 623 g/mol. The average molecular weight is 624 g/mol. The number of phenolic OH excluding ortho intramolecular Hbond substituents is 1. The van der Waals surface area contributed by atoms with Crippen LogP contribution in [0.2, 0.25) is 0 Å². The van der Waals surface area contributed by atoms with E-state index in [0.29, 0.717) is 28.4 Å². The maximum atomic E-state index is 11.3. The van der Waals surface area contributed by atoms with Crippen molar-refractivity contribution in [1.82, 2.24) is 20.2 Å². The fourth-order valence-corrected chi connectivity index (χ4v) is 9.05. The summed E-state index contributed by atoms with van der Waals surface area (Å²) in [6.07, 6.45) is 14.8. The van der Waals surface area contributed by atoms with Gasteiger partial charge in [0.15, 0.2) is 11.5 Å². The highest BCUT2D eigenvalue weighted by Crippen LogP contribution is 2.54. The first-order chi connectivity index (χ1) is 22.4. The van der Waals surface area contributed by atoms with E-state index in [4.69, 9.17) is 15.7 Å². The van der Waals surface area contributed by atoms with E-state index in [1.165, 1.54) is 5.56 Å². The van der Waals surface area contributed by atoms with Crippen molar-refractivity contribution in [2.75, 3.05) is 41.7 Å². The third-order valence-corrected chi connectivity index (χ3v) is 11.7. The van der Waals surface area contributed by atoms with Crippen molar-refractivity contribution in [1.29, 1.82) is 0 Å². The van der Waals surface area contributed by atoms with Gasteiger partial charge in [0.25, 0.3) is 0 Å². The van der Waals surface area contributed by atoms with Crippen LogP contribution in [-0.2, 0) is 4.79 Å². The van der Waals surface area contributed by atoms with E-state index in [1.54, 1.807) is 17.8 Å². The number of benzene rings is 1. The second-order valence-corrected chi connectivity index (χ2v) is 14.3. The Hall–Kier alpha value is -4.28. The molecule has 1 aromatic carbocycles. The average Bonchev–Trinajstić information content (AvgIpc) is 3.33. The first kappa shape index (κ1) is 29.1. The molecule has 4 N–H and O–H groups in total. The van der Waals surface area contributed by atoms with E-state index in [2.05, 4.69) is 37.0 Å². The van der Waals surface area contributed by atoms with Gasteiger partial charge in [0, 0.05) is 68.8 Å². The van der Waals surface area contributed by atoms with Gasteiger partial charge >= 0.3 is 5.97 Å². The second-order valence-electron chi connectivity index (χ2n) is 14.3. The second kappa shape index (κ2) is 11.5. The van der Waals surface area contributed by atoms with Crippen LogP contribution < -0.4 is 15.5 Å². The molecule has 11 heteroatoms. The third-order valence-electron chi connectivity index (χ3n) is 11.7. The number of carbonyl (C=O) groups is 1. The number of nitrogen functional groups attached to an aromatic ring is 1. The zero-order valence-corrected chi connectivity index (χ0v) is 26.3. The predicted molar refractivity (Wildman–Crippen MR) is 175 cm³/mol. The van der Waals surface area contributed by atoms with E-state index in [0.717, 1.165) is 102 Å². The fraction of sp³-hybridized carbons (Fsp3) is 0.543. The molecule has 3 aromatic rings. The van der Waals surface area contributed by atoms with E-state index in [-0.39, 0.29) is 23.8 Å². The first-order valence-corrected chi connectivity index (χ1v) is 16.9. The van der Waals surface area contributed by atoms with Gasteiger partial charge in [-0.25, -0.2) is 14.5 Å². The number of fused-ring (bicyclic) bond motifs is 2. The highest BCUT2D eigenvalue weighted by molar-refractivity contribution is 5.81. The molecule has 11 nitrogen and oxygen atoms in total. The SMILES string of the molecule is Nc1nnc(-c2ccccc2O)cc1N1CC2CCC(C1)N2c1ncc(C2CC[N+](=C3CCC4(CC3)CC(C(=O)O)C4)CC2)cn1. The standard InChI is InChI=1S/C35H42N8O3/c36-32-30(15-29(39-40-32)28-3-1-2-4-31(28)44)42-20-26-5-6-27(21-42)43(26)34-37-18-24(19-38-34)22-9-13-41(14-10-22)25-7-11-35(12-8-25)16-23(17-35)33(45)46/h1-4,15,18-19,22-23,26-27H,5-14,16-17,20-21H2,(H3-,36,39,40,44,45,46)/p+1. The number of para-hydroxylation sites is 1. The van der Waals surface area contributed by atoms with Gasteiger partial charge in [-0.05, 0) is 73.6 Å². The van der Waals surface area contributed by atoms with Gasteiger partial charge in [0.05, 0.1) is 17.3 Å². The Morgan fingerprint density at radius 2 is 1.63 bits per heavy atom. The van der Waals surface area contributed by atoms with Crippen molar-refractivity contribution < 1.29 is 19.6 Å². The van der Waals surface area contributed by atoms with E-state index in [9.17, 15) is 15.0 Å². The minimum Gasteiger partial charge on any atom is -0.507 e. The number of piperidine rings is 1. The Labute approximate surface area is 269 Å². The predicted octanol–water partition coefficient (Wildman–Crippen LogP) is 4.46. The number of carboxylic acids is 1. The number of aromatic nitrogens is 4. The summed E-state index contributed by atoms with van der Waals surface area (Å²) in [6.45, 7) is 3.76. The van der Waals surface area contributed by atoms with Gasteiger partial charge in [-0.1, -0.05) is 12.1 Å². The smallest absolute Gasteiger partial charge is 0.306 e. The number of anilines is 3. The number of nitrogens with zero attached hydrogens (tertiary/aromatic N) is 7. The van der Waals surface area contributed by atoms with Crippen LogP contribution in [0.1, 0.15) is 75.7 Å². The van der Waals surface area contributed by atoms with Gasteiger partial charge in [0.1, 0.15) is 18.8 Å². The lowest BCUT2D eigenvalue weighted by Gasteiger charge is -2.48. The van der Waals surface area contributed by atoms with Crippen molar-refractivity contribution in [3.05, 3.63) is 48.3 Å². The van der Waals surface area contributed by atoms with Gasteiger partial charge in [-0.3, -0.25) is 4.79 Å². The van der Waals surface area contributed by atoms with Crippen molar-refractivity contribution in [2.24, 2.45) is 11.3 Å². The maximum Gasteiger partial charge on any atom is 0.306 e. The molecule has 2 aromatic heterocycles. The quantitative estimate of drug-likeness (QED) is 0.348. The minimum atomic E-state index is -0.611. The lowest BCUT2D eigenvalue weighted by molar-refractivity contribution is -0.541. The number of hydrogen-bond donors (Lipinski definition) is 3. The van der Waals surface area contributed by atoms with Gasteiger partial charge in [0.2, 0.25) is 5.95 Å². The Morgan fingerprint density at radius 3 is 2.28 bits per heavy atom.